The van der Waals surface area contributed by atoms with Gasteiger partial charge in [-0.25, -0.2) is 4.98 Å². The van der Waals surface area contributed by atoms with Crippen LogP contribution in [0.5, 0.6) is 0 Å². The number of pyridine rings is 1. The first-order chi connectivity index (χ1) is 15.7. The number of benzene rings is 1. The van der Waals surface area contributed by atoms with Gasteiger partial charge in [-0.3, -0.25) is 9.88 Å². The van der Waals surface area contributed by atoms with Crippen LogP contribution in [-0.4, -0.2) is 58.3 Å². The van der Waals surface area contributed by atoms with Gasteiger partial charge in [-0.2, -0.15) is 0 Å². The first-order valence-corrected chi connectivity index (χ1v) is 11.9. The fourth-order valence-electron chi connectivity index (χ4n) is 4.80. The van der Waals surface area contributed by atoms with E-state index < -0.39 is 0 Å². The highest BCUT2D eigenvalue weighted by molar-refractivity contribution is 5.67. The monoisotopic (exact) mass is 431 g/mol. The second-order valence-corrected chi connectivity index (χ2v) is 9.03. The summed E-state index contributed by atoms with van der Waals surface area (Å²) in [6.45, 7) is 9.12. The third kappa shape index (κ3) is 5.03. The first-order valence-electron chi connectivity index (χ1n) is 11.9. The lowest BCUT2D eigenvalue weighted by atomic mass is 10.0. The van der Waals surface area contributed by atoms with Crippen molar-refractivity contribution in [1.29, 1.82) is 0 Å². The number of ether oxygens (including phenoxy) is 1. The molecule has 32 heavy (non-hydrogen) atoms. The van der Waals surface area contributed by atoms with E-state index >= 15 is 0 Å². The molecule has 2 saturated heterocycles. The van der Waals surface area contributed by atoms with Gasteiger partial charge in [-0.05, 0) is 56.0 Å². The van der Waals surface area contributed by atoms with Gasteiger partial charge in [0.1, 0.15) is 0 Å². The van der Waals surface area contributed by atoms with E-state index in [1.54, 1.807) is 0 Å². The smallest absolute Gasteiger partial charge is 0.0954 e. The largest absolute Gasteiger partial charge is 0.376 e. The van der Waals surface area contributed by atoms with E-state index in [0.29, 0.717) is 6.10 Å². The number of nitrogens with zero attached hydrogens (tertiary/aromatic N) is 5. The zero-order valence-corrected chi connectivity index (χ0v) is 19.0. The van der Waals surface area contributed by atoms with E-state index in [2.05, 4.69) is 67.8 Å². The number of rotatable bonds is 6. The predicted octanol–water partition coefficient (Wildman–Crippen LogP) is 4.14. The van der Waals surface area contributed by atoms with Crippen LogP contribution in [0.1, 0.15) is 30.5 Å². The van der Waals surface area contributed by atoms with Crippen LogP contribution in [0.2, 0.25) is 0 Å². The Kier molecular flexibility index (Phi) is 6.51. The van der Waals surface area contributed by atoms with Crippen LogP contribution in [0.3, 0.4) is 0 Å². The summed E-state index contributed by atoms with van der Waals surface area (Å²) < 4.78 is 8.06. The van der Waals surface area contributed by atoms with E-state index in [9.17, 15) is 0 Å². The Balaban J connectivity index is 1.19. The zero-order chi connectivity index (χ0) is 21.8. The van der Waals surface area contributed by atoms with Crippen molar-refractivity contribution in [1.82, 2.24) is 19.4 Å². The summed E-state index contributed by atoms with van der Waals surface area (Å²) >= 11 is 0. The fraction of sp³-hybridized carbons (Fsp3) is 0.462. The predicted molar refractivity (Wildman–Crippen MR) is 128 cm³/mol. The SMILES string of the molecule is Cc1cc(N2CCN(Cc3ccccn3)CC2)ccc1-c1cn(C[C@H]2CCCCO2)cn1. The number of aryl methyl sites for hydroxylation is 1. The summed E-state index contributed by atoms with van der Waals surface area (Å²) in [5, 5.41) is 0. The molecule has 2 aliphatic heterocycles. The molecule has 0 bridgehead atoms. The number of hydrogen-bond acceptors (Lipinski definition) is 5. The van der Waals surface area contributed by atoms with Crippen molar-refractivity contribution in [3.63, 3.8) is 0 Å². The highest BCUT2D eigenvalue weighted by Crippen LogP contribution is 2.27. The van der Waals surface area contributed by atoms with Crippen LogP contribution in [-0.2, 0) is 17.8 Å². The maximum atomic E-state index is 5.88. The molecule has 4 heterocycles. The average Bonchev–Trinajstić information content (AvgIpc) is 3.29. The van der Waals surface area contributed by atoms with Gasteiger partial charge < -0.3 is 14.2 Å². The average molecular weight is 432 g/mol. The molecule has 2 aliphatic rings. The molecule has 3 aromatic rings. The van der Waals surface area contributed by atoms with Gasteiger partial charge in [-0.1, -0.05) is 12.1 Å². The van der Waals surface area contributed by atoms with Crippen molar-refractivity contribution in [2.45, 2.75) is 45.4 Å². The summed E-state index contributed by atoms with van der Waals surface area (Å²) in [4.78, 5) is 14.1. The zero-order valence-electron chi connectivity index (χ0n) is 19.0. The molecule has 168 valence electrons. The molecule has 0 saturated carbocycles. The van der Waals surface area contributed by atoms with Crippen LogP contribution in [0, 0.1) is 6.92 Å². The summed E-state index contributed by atoms with van der Waals surface area (Å²) in [6.07, 6.45) is 9.92. The molecule has 0 amide bonds. The lowest BCUT2D eigenvalue weighted by Crippen LogP contribution is -2.46. The summed E-state index contributed by atoms with van der Waals surface area (Å²) in [5.41, 5.74) is 5.99. The molecule has 6 heteroatoms. The second-order valence-electron chi connectivity index (χ2n) is 9.03. The van der Waals surface area contributed by atoms with E-state index in [0.717, 1.165) is 63.7 Å². The fourth-order valence-corrected chi connectivity index (χ4v) is 4.80. The van der Waals surface area contributed by atoms with Crippen molar-refractivity contribution in [3.8, 4) is 11.3 Å². The number of anilines is 1. The van der Waals surface area contributed by atoms with E-state index in [-0.39, 0.29) is 0 Å². The Labute approximate surface area is 190 Å². The van der Waals surface area contributed by atoms with Gasteiger partial charge in [-0.15, -0.1) is 0 Å². The third-order valence-electron chi connectivity index (χ3n) is 6.66. The topological polar surface area (TPSA) is 46.4 Å². The molecule has 0 aliphatic carbocycles. The van der Waals surface area contributed by atoms with Crippen molar-refractivity contribution >= 4 is 5.69 Å². The molecule has 6 nitrogen and oxygen atoms in total. The van der Waals surface area contributed by atoms with Gasteiger partial charge in [0, 0.05) is 69.5 Å². The Morgan fingerprint density at radius 1 is 1.03 bits per heavy atom. The number of piperazine rings is 1. The molecule has 0 unspecified atom stereocenters. The molecule has 2 fully saturated rings. The molecular weight excluding hydrogens is 398 g/mol. The van der Waals surface area contributed by atoms with E-state index in [1.807, 2.05) is 18.6 Å². The standard InChI is InChI=1S/C26H33N5O/c1-21-16-23(31-13-11-29(12-14-31)17-22-6-2-4-10-27-22)8-9-25(21)26-19-30(20-28-26)18-24-7-3-5-15-32-24/h2,4,6,8-10,16,19-20,24H,3,5,7,11-15,17-18H2,1H3/t24-/m1/s1. The van der Waals surface area contributed by atoms with Gasteiger partial charge in [0.15, 0.2) is 0 Å². The summed E-state index contributed by atoms with van der Waals surface area (Å²) in [7, 11) is 0. The molecule has 5 rings (SSSR count). The molecule has 0 N–H and O–H groups in total. The van der Waals surface area contributed by atoms with Crippen LogP contribution < -0.4 is 4.90 Å². The van der Waals surface area contributed by atoms with E-state index in [1.165, 1.54) is 29.7 Å². The van der Waals surface area contributed by atoms with Crippen molar-refractivity contribution in [3.05, 3.63) is 66.4 Å². The second kappa shape index (κ2) is 9.84. The van der Waals surface area contributed by atoms with Crippen LogP contribution in [0.15, 0.2) is 55.1 Å². The maximum absolute atomic E-state index is 5.88. The maximum Gasteiger partial charge on any atom is 0.0954 e. The van der Waals surface area contributed by atoms with Crippen LogP contribution >= 0.6 is 0 Å². The normalized spacial score (nSPS) is 19.9. The minimum atomic E-state index is 0.325. The summed E-state index contributed by atoms with van der Waals surface area (Å²) in [5.74, 6) is 0. The molecule has 0 radical (unpaired) electrons. The van der Waals surface area contributed by atoms with Crippen molar-refractivity contribution in [2.75, 3.05) is 37.7 Å². The minimum absolute atomic E-state index is 0.325. The number of hydrogen-bond donors (Lipinski definition) is 0. The van der Waals surface area contributed by atoms with Crippen LogP contribution in [0.25, 0.3) is 11.3 Å². The molecule has 0 spiro atoms. The van der Waals surface area contributed by atoms with Crippen molar-refractivity contribution < 1.29 is 4.74 Å². The molecule has 2 aromatic heterocycles. The Morgan fingerprint density at radius 2 is 1.94 bits per heavy atom. The Hall–Kier alpha value is -2.70. The third-order valence-corrected chi connectivity index (χ3v) is 6.66. The van der Waals surface area contributed by atoms with Crippen molar-refractivity contribution in [2.24, 2.45) is 0 Å². The Morgan fingerprint density at radius 3 is 2.69 bits per heavy atom. The lowest BCUT2D eigenvalue weighted by molar-refractivity contribution is 0.00598. The van der Waals surface area contributed by atoms with Crippen LogP contribution in [0.4, 0.5) is 5.69 Å². The number of aromatic nitrogens is 3. The molecule has 1 aromatic carbocycles. The van der Waals surface area contributed by atoms with E-state index in [4.69, 9.17) is 4.74 Å². The van der Waals surface area contributed by atoms with Gasteiger partial charge >= 0.3 is 0 Å². The highest BCUT2D eigenvalue weighted by Gasteiger charge is 2.19. The number of imidazole rings is 1. The van der Waals surface area contributed by atoms with Gasteiger partial charge in [0.05, 0.1) is 23.8 Å². The first kappa shape index (κ1) is 21.2. The highest BCUT2D eigenvalue weighted by atomic mass is 16.5. The summed E-state index contributed by atoms with van der Waals surface area (Å²) in [6, 6.07) is 12.9. The lowest BCUT2D eigenvalue weighted by Gasteiger charge is -2.36. The molecular formula is C26H33N5O. The Bertz CT molecular complexity index is 1000. The molecule has 1 atom stereocenters. The van der Waals surface area contributed by atoms with Gasteiger partial charge in [0.2, 0.25) is 0 Å². The quantitative estimate of drug-likeness (QED) is 0.587. The minimum Gasteiger partial charge on any atom is -0.376 e. The van der Waals surface area contributed by atoms with Gasteiger partial charge in [0.25, 0.3) is 0 Å².